The summed E-state index contributed by atoms with van der Waals surface area (Å²) in [4.78, 5) is 44.4. The smallest absolute Gasteiger partial charge is 0.243 e. The van der Waals surface area contributed by atoms with Crippen molar-refractivity contribution in [2.45, 2.75) is 18.8 Å². The average Bonchev–Trinajstić information content (AvgIpc) is 3.46. The number of hydrogen-bond donors (Lipinski definition) is 2. The minimum absolute atomic E-state index is 0.0403. The molecule has 0 saturated carbocycles. The van der Waals surface area contributed by atoms with E-state index in [1.165, 1.54) is 22.2 Å². The van der Waals surface area contributed by atoms with Gasteiger partial charge >= 0.3 is 0 Å². The van der Waals surface area contributed by atoms with Gasteiger partial charge < -0.3 is 10.3 Å². The van der Waals surface area contributed by atoms with Gasteiger partial charge in [-0.1, -0.05) is 17.5 Å². The van der Waals surface area contributed by atoms with E-state index in [2.05, 4.69) is 52.2 Å². The molecule has 0 radical (unpaired) electrons. The molecular formula is C22H14BrClN8O2. The number of fused-ring (bicyclic) bond motifs is 5. The molecule has 3 aromatic heterocycles. The van der Waals surface area contributed by atoms with Crippen LogP contribution in [0.15, 0.2) is 29.3 Å². The summed E-state index contributed by atoms with van der Waals surface area (Å²) < 4.78 is 2.12. The third kappa shape index (κ3) is 2.58. The van der Waals surface area contributed by atoms with Crippen LogP contribution in [0, 0.1) is 19.3 Å². The molecular weight excluding hydrogens is 524 g/mol. The van der Waals surface area contributed by atoms with E-state index < -0.39 is 5.41 Å². The van der Waals surface area contributed by atoms with Gasteiger partial charge in [0, 0.05) is 21.5 Å². The minimum atomic E-state index is -1.35. The Kier molecular flexibility index (Phi) is 4.36. The third-order valence-electron chi connectivity index (χ3n) is 6.19. The fourth-order valence-electron chi connectivity index (χ4n) is 4.99. The number of carbonyl (C=O) groups excluding carboxylic acids is 2. The van der Waals surface area contributed by atoms with Crippen LogP contribution in [0.5, 0.6) is 0 Å². The first kappa shape index (κ1) is 20.8. The normalized spacial score (nSPS) is 18.8. The maximum atomic E-state index is 14.1. The van der Waals surface area contributed by atoms with E-state index in [4.69, 9.17) is 18.0 Å². The number of aryl methyl sites for hydroxylation is 1. The summed E-state index contributed by atoms with van der Waals surface area (Å²) in [5, 5.41) is 8.00. The minimum Gasteiger partial charge on any atom is -0.340 e. The highest BCUT2D eigenvalue weighted by Crippen LogP contribution is 2.55. The van der Waals surface area contributed by atoms with E-state index in [0.717, 1.165) is 0 Å². The molecule has 2 aliphatic heterocycles. The largest absolute Gasteiger partial charge is 0.340 e. The lowest BCUT2D eigenvalue weighted by atomic mass is 9.70. The van der Waals surface area contributed by atoms with Gasteiger partial charge in [-0.15, -0.1) is 6.42 Å². The number of anilines is 2. The van der Waals surface area contributed by atoms with E-state index in [0.29, 0.717) is 54.8 Å². The van der Waals surface area contributed by atoms with Crippen molar-refractivity contribution in [1.82, 2.24) is 29.7 Å². The summed E-state index contributed by atoms with van der Waals surface area (Å²) in [6.45, 7) is 1.83. The summed E-state index contributed by atoms with van der Waals surface area (Å²) in [5.74, 6) is 2.63. The van der Waals surface area contributed by atoms with E-state index >= 15 is 0 Å². The molecule has 1 spiro atoms. The summed E-state index contributed by atoms with van der Waals surface area (Å²) in [7, 11) is 0. The molecule has 0 fully saturated rings. The third-order valence-corrected chi connectivity index (χ3v) is 7.01. The molecule has 0 aliphatic carbocycles. The maximum Gasteiger partial charge on any atom is 0.243 e. The first-order valence-electron chi connectivity index (χ1n) is 10.2. The lowest BCUT2D eigenvalue weighted by Gasteiger charge is -2.33. The number of halogens is 2. The van der Waals surface area contributed by atoms with Gasteiger partial charge in [0.1, 0.15) is 23.1 Å². The Morgan fingerprint density at radius 3 is 2.91 bits per heavy atom. The van der Waals surface area contributed by atoms with Gasteiger partial charge in [-0.05, 0) is 40.5 Å². The fourth-order valence-corrected chi connectivity index (χ4v) is 6.02. The molecule has 12 heteroatoms. The Morgan fingerprint density at radius 1 is 1.29 bits per heavy atom. The van der Waals surface area contributed by atoms with E-state index in [-0.39, 0.29) is 24.8 Å². The van der Waals surface area contributed by atoms with Gasteiger partial charge in [0.2, 0.25) is 11.8 Å². The number of imidazole rings is 1. The van der Waals surface area contributed by atoms with E-state index in [9.17, 15) is 9.59 Å². The number of benzene rings is 1. The van der Waals surface area contributed by atoms with Gasteiger partial charge in [0.15, 0.2) is 11.5 Å². The molecule has 2 aliphatic rings. The Bertz CT molecular complexity index is 1600. The standard InChI is InChI=1S/C22H14BrClN8O2/c1-3-4-31-17-12(5-11(24)6-13(17)23)22(21(31)34)7-14(33)29-19-15(22)10(2)30-32(19)20-16-18(26-8-25-16)27-9-28-20/h1,5-6,8-9H,4,7H2,2H3,(H,29,33)(H,25,26,27,28)/t22-/m0/s1. The second-order valence-corrected chi connectivity index (χ2v) is 9.32. The topological polar surface area (TPSA) is 122 Å². The van der Waals surface area contributed by atoms with Crippen LogP contribution in [0.25, 0.3) is 17.0 Å². The first-order chi connectivity index (χ1) is 16.4. The maximum absolute atomic E-state index is 14.1. The number of aromatic nitrogens is 6. The number of nitrogens with one attached hydrogen (secondary N) is 2. The zero-order valence-electron chi connectivity index (χ0n) is 17.6. The SMILES string of the molecule is C#CCN1C(=O)[C@@]2(CC(=O)Nc3c2c(C)nn3-c2ncnc3nc[nH]c23)c2cc(Cl)cc(Br)c21. The molecule has 2 amide bonds. The van der Waals surface area contributed by atoms with Crippen LogP contribution in [0.4, 0.5) is 11.5 Å². The molecule has 0 unspecified atom stereocenters. The molecule has 34 heavy (non-hydrogen) atoms. The Balaban J connectivity index is 1.69. The Morgan fingerprint density at radius 2 is 2.12 bits per heavy atom. The van der Waals surface area contributed by atoms with Crippen LogP contribution >= 0.6 is 27.5 Å². The summed E-state index contributed by atoms with van der Waals surface area (Å²) in [5.41, 5.74) is 1.96. The summed E-state index contributed by atoms with van der Waals surface area (Å²) >= 11 is 9.94. The van der Waals surface area contributed by atoms with Crippen molar-refractivity contribution in [3.05, 3.63) is 51.1 Å². The second kappa shape index (κ2) is 7.12. The van der Waals surface area contributed by atoms with Gasteiger partial charge in [-0.25, -0.2) is 15.0 Å². The van der Waals surface area contributed by atoms with E-state index in [1.54, 1.807) is 19.1 Å². The fraction of sp³-hybridized carbons (Fsp3) is 0.182. The number of hydrogen-bond acceptors (Lipinski definition) is 6. The molecule has 1 aromatic carbocycles. The van der Waals surface area contributed by atoms with Gasteiger partial charge in [0.25, 0.3) is 0 Å². The van der Waals surface area contributed by atoms with Crippen molar-refractivity contribution in [3.63, 3.8) is 0 Å². The van der Waals surface area contributed by atoms with Gasteiger partial charge in [0.05, 0.1) is 24.3 Å². The van der Waals surface area contributed by atoms with Crippen molar-refractivity contribution in [2.75, 3.05) is 16.8 Å². The van der Waals surface area contributed by atoms with Crippen LogP contribution in [-0.2, 0) is 15.0 Å². The number of carbonyl (C=O) groups is 2. The number of rotatable bonds is 2. The van der Waals surface area contributed by atoms with Crippen LogP contribution in [0.3, 0.4) is 0 Å². The number of nitrogens with zero attached hydrogens (tertiary/aromatic N) is 6. The summed E-state index contributed by atoms with van der Waals surface area (Å²) in [6, 6.07) is 3.42. The number of aromatic amines is 1. The zero-order chi connectivity index (χ0) is 23.8. The number of terminal acetylenes is 1. The number of H-pyrrole nitrogens is 1. The summed E-state index contributed by atoms with van der Waals surface area (Å²) in [6.07, 6.45) is 8.34. The molecule has 168 valence electrons. The Hall–Kier alpha value is -3.75. The molecule has 4 aromatic rings. The van der Waals surface area contributed by atoms with Crippen molar-refractivity contribution in [1.29, 1.82) is 0 Å². The monoisotopic (exact) mass is 536 g/mol. The van der Waals surface area contributed by atoms with E-state index in [1.807, 2.05) is 0 Å². The molecule has 0 saturated heterocycles. The lowest BCUT2D eigenvalue weighted by molar-refractivity contribution is -0.126. The highest BCUT2D eigenvalue weighted by Gasteiger charge is 2.58. The zero-order valence-corrected chi connectivity index (χ0v) is 19.9. The van der Waals surface area contributed by atoms with Gasteiger partial charge in [-0.2, -0.15) is 9.78 Å². The van der Waals surface area contributed by atoms with Crippen molar-refractivity contribution >= 4 is 62.0 Å². The number of amides is 2. The molecule has 1 atom stereocenters. The van der Waals surface area contributed by atoms with Crippen molar-refractivity contribution in [2.24, 2.45) is 0 Å². The predicted molar refractivity (Wildman–Crippen MR) is 128 cm³/mol. The second-order valence-electron chi connectivity index (χ2n) is 8.03. The van der Waals surface area contributed by atoms with Crippen LogP contribution in [0.2, 0.25) is 5.02 Å². The lowest BCUT2D eigenvalue weighted by Crippen LogP contribution is -2.47. The molecule has 2 N–H and O–H groups in total. The van der Waals surface area contributed by atoms with Crippen LogP contribution in [-0.4, -0.2) is 48.1 Å². The van der Waals surface area contributed by atoms with Crippen LogP contribution < -0.4 is 10.2 Å². The van der Waals surface area contributed by atoms with Crippen LogP contribution in [0.1, 0.15) is 23.2 Å². The quantitative estimate of drug-likeness (QED) is 0.379. The van der Waals surface area contributed by atoms with Crippen molar-refractivity contribution in [3.8, 4) is 18.2 Å². The highest BCUT2D eigenvalue weighted by atomic mass is 79.9. The molecule has 10 nitrogen and oxygen atoms in total. The van der Waals surface area contributed by atoms with Gasteiger partial charge in [-0.3, -0.25) is 14.5 Å². The molecule has 6 rings (SSSR count). The van der Waals surface area contributed by atoms with Crippen molar-refractivity contribution < 1.29 is 9.59 Å². The Labute approximate surface area is 205 Å². The first-order valence-corrected chi connectivity index (χ1v) is 11.3. The molecule has 5 heterocycles. The predicted octanol–water partition coefficient (Wildman–Crippen LogP) is 2.87. The average molecular weight is 538 g/mol. The highest BCUT2D eigenvalue weighted by molar-refractivity contribution is 9.10. The molecule has 0 bridgehead atoms.